The lowest BCUT2D eigenvalue weighted by Gasteiger charge is -2.25. The summed E-state index contributed by atoms with van der Waals surface area (Å²) in [5, 5.41) is 6.62. The van der Waals surface area contributed by atoms with E-state index in [-0.39, 0.29) is 29.5 Å². The number of Topliss-reactive ketones (excluding diaryl/α,β-unsaturated/α-hetero) is 1. The molecule has 2 aromatic rings. The van der Waals surface area contributed by atoms with Crippen LogP contribution in [0, 0.1) is 23.6 Å². The van der Waals surface area contributed by atoms with Crippen LogP contribution in [0.15, 0.2) is 34.9 Å². The minimum atomic E-state index is -0.326. The molecular weight excluding hydrogens is 311 g/mol. The zero-order chi connectivity index (χ0) is 16.7. The van der Waals surface area contributed by atoms with Crippen LogP contribution in [0.5, 0.6) is 0 Å². The van der Waals surface area contributed by atoms with Gasteiger partial charge in [0.15, 0.2) is 11.6 Å². The van der Waals surface area contributed by atoms with Crippen molar-refractivity contribution in [2.75, 3.05) is 5.32 Å². The van der Waals surface area contributed by atoms with Gasteiger partial charge in [-0.1, -0.05) is 5.16 Å². The minimum absolute atomic E-state index is 0.0478. The summed E-state index contributed by atoms with van der Waals surface area (Å²) >= 11 is 0. The molecule has 1 unspecified atom stereocenters. The van der Waals surface area contributed by atoms with E-state index in [9.17, 15) is 14.0 Å². The summed E-state index contributed by atoms with van der Waals surface area (Å²) in [6.45, 7) is 0. The molecule has 2 bridgehead atoms. The molecule has 1 aromatic carbocycles. The molecule has 6 heteroatoms. The lowest BCUT2D eigenvalue weighted by atomic mass is 9.79. The third-order valence-electron chi connectivity index (χ3n) is 5.07. The number of fused-ring (bicyclic) bond motifs is 2. The number of ketones is 1. The van der Waals surface area contributed by atoms with E-state index >= 15 is 0 Å². The predicted octanol–water partition coefficient (Wildman–Crippen LogP) is 3.42. The first-order chi connectivity index (χ1) is 11.6. The Bertz CT molecular complexity index is 768. The summed E-state index contributed by atoms with van der Waals surface area (Å²) in [6.07, 6.45) is 3.07. The molecule has 0 aliphatic heterocycles. The maximum absolute atomic E-state index is 13.0. The highest BCUT2D eigenvalue weighted by atomic mass is 19.1. The van der Waals surface area contributed by atoms with Crippen molar-refractivity contribution in [2.45, 2.75) is 25.7 Å². The second-order valence-electron chi connectivity index (χ2n) is 6.61. The summed E-state index contributed by atoms with van der Waals surface area (Å²) in [6, 6.07) is 7.47. The van der Waals surface area contributed by atoms with Crippen molar-refractivity contribution in [3.63, 3.8) is 0 Å². The van der Waals surface area contributed by atoms with Crippen LogP contribution in [0.3, 0.4) is 0 Å². The fraction of sp³-hybridized carbons (Fsp3) is 0.389. The zero-order valence-corrected chi connectivity index (χ0v) is 13.0. The van der Waals surface area contributed by atoms with Gasteiger partial charge in [-0.05, 0) is 49.9 Å². The van der Waals surface area contributed by atoms with Crippen LogP contribution in [0.4, 0.5) is 10.2 Å². The van der Waals surface area contributed by atoms with Gasteiger partial charge in [-0.2, -0.15) is 0 Å². The van der Waals surface area contributed by atoms with E-state index in [4.69, 9.17) is 4.52 Å². The number of hydrogen-bond donors (Lipinski definition) is 1. The lowest BCUT2D eigenvalue weighted by molar-refractivity contribution is -0.130. The third kappa shape index (κ3) is 2.72. The molecule has 2 aliphatic carbocycles. The van der Waals surface area contributed by atoms with Crippen LogP contribution < -0.4 is 5.32 Å². The first-order valence-corrected chi connectivity index (χ1v) is 8.17. The highest BCUT2D eigenvalue weighted by molar-refractivity contribution is 5.95. The second kappa shape index (κ2) is 5.85. The van der Waals surface area contributed by atoms with Crippen LogP contribution in [0.25, 0.3) is 11.3 Å². The molecule has 1 heterocycles. The Morgan fingerprint density at radius 1 is 1.17 bits per heavy atom. The molecular formula is C18H17FN2O3. The van der Waals surface area contributed by atoms with Gasteiger partial charge in [-0.25, -0.2) is 4.39 Å². The molecule has 24 heavy (non-hydrogen) atoms. The van der Waals surface area contributed by atoms with Crippen molar-refractivity contribution < 1.29 is 18.5 Å². The van der Waals surface area contributed by atoms with Crippen LogP contribution in [-0.2, 0) is 9.59 Å². The fourth-order valence-corrected chi connectivity index (χ4v) is 3.80. The minimum Gasteiger partial charge on any atom is -0.354 e. The second-order valence-corrected chi connectivity index (χ2v) is 6.61. The molecule has 1 N–H and O–H groups in total. The Labute approximate surface area is 138 Å². The molecule has 1 aromatic heterocycles. The Morgan fingerprint density at radius 2 is 1.83 bits per heavy atom. The molecule has 2 saturated carbocycles. The molecule has 5 nitrogen and oxygen atoms in total. The lowest BCUT2D eigenvalue weighted by Crippen LogP contribution is -2.33. The number of carbonyl (C=O) groups excluding carboxylic acids is 2. The van der Waals surface area contributed by atoms with E-state index in [1.165, 1.54) is 12.1 Å². The van der Waals surface area contributed by atoms with Crippen molar-refractivity contribution in [3.05, 3.63) is 36.1 Å². The van der Waals surface area contributed by atoms with Gasteiger partial charge in [0.05, 0.1) is 0 Å². The number of hydrogen-bond acceptors (Lipinski definition) is 4. The maximum Gasteiger partial charge on any atom is 0.228 e. The number of rotatable bonds is 3. The molecule has 4 rings (SSSR count). The van der Waals surface area contributed by atoms with Crippen molar-refractivity contribution in [1.82, 2.24) is 5.16 Å². The normalized spacial score (nSPS) is 25.7. The Balaban J connectivity index is 1.43. The van der Waals surface area contributed by atoms with Gasteiger partial charge in [0, 0.05) is 29.4 Å². The highest BCUT2D eigenvalue weighted by Crippen LogP contribution is 2.42. The van der Waals surface area contributed by atoms with Gasteiger partial charge in [0.2, 0.25) is 5.91 Å². The van der Waals surface area contributed by atoms with E-state index in [0.29, 0.717) is 35.8 Å². The van der Waals surface area contributed by atoms with Gasteiger partial charge in [-0.3, -0.25) is 9.59 Å². The molecule has 1 amide bonds. The van der Waals surface area contributed by atoms with Crippen molar-refractivity contribution in [2.24, 2.45) is 17.8 Å². The van der Waals surface area contributed by atoms with Gasteiger partial charge in [0.1, 0.15) is 11.6 Å². The predicted molar refractivity (Wildman–Crippen MR) is 84.5 cm³/mol. The summed E-state index contributed by atoms with van der Waals surface area (Å²) < 4.78 is 18.2. The average Bonchev–Trinajstić information content (AvgIpc) is 3.09. The first kappa shape index (κ1) is 15.1. The standard InChI is InChI=1S/C18H17FN2O3/c19-14-5-3-10(4-6-14)15-9-16(21-24-15)20-18(23)13-7-11-1-2-12(8-13)17(11)22/h3-6,9,11-13H,1-2,7-8H2,(H,20,21,23)/t11-,12+,13?. The van der Waals surface area contributed by atoms with E-state index in [1.807, 2.05) is 0 Å². The average molecular weight is 328 g/mol. The zero-order valence-electron chi connectivity index (χ0n) is 13.0. The molecule has 0 radical (unpaired) electrons. The summed E-state index contributed by atoms with van der Waals surface area (Å²) in [4.78, 5) is 24.3. The van der Waals surface area contributed by atoms with Gasteiger partial charge in [-0.15, -0.1) is 0 Å². The number of halogens is 1. The monoisotopic (exact) mass is 328 g/mol. The number of amides is 1. The smallest absolute Gasteiger partial charge is 0.228 e. The van der Waals surface area contributed by atoms with Gasteiger partial charge < -0.3 is 9.84 Å². The highest BCUT2D eigenvalue weighted by Gasteiger charge is 2.43. The molecule has 0 spiro atoms. The Morgan fingerprint density at radius 3 is 2.50 bits per heavy atom. The molecule has 3 atom stereocenters. The van der Waals surface area contributed by atoms with E-state index in [1.54, 1.807) is 18.2 Å². The van der Waals surface area contributed by atoms with Crippen LogP contribution in [0.2, 0.25) is 0 Å². The quantitative estimate of drug-likeness (QED) is 0.937. The van der Waals surface area contributed by atoms with E-state index in [0.717, 1.165) is 12.8 Å². The van der Waals surface area contributed by atoms with Crippen molar-refractivity contribution in [3.8, 4) is 11.3 Å². The van der Waals surface area contributed by atoms with Crippen molar-refractivity contribution >= 4 is 17.5 Å². The van der Waals surface area contributed by atoms with Crippen LogP contribution >= 0.6 is 0 Å². The largest absolute Gasteiger partial charge is 0.354 e. The van der Waals surface area contributed by atoms with E-state index < -0.39 is 0 Å². The first-order valence-electron chi connectivity index (χ1n) is 8.17. The Kier molecular flexibility index (Phi) is 3.67. The number of nitrogens with zero attached hydrogens (tertiary/aromatic N) is 1. The van der Waals surface area contributed by atoms with Crippen LogP contribution in [0.1, 0.15) is 25.7 Å². The number of carbonyl (C=O) groups is 2. The molecule has 0 saturated heterocycles. The third-order valence-corrected chi connectivity index (χ3v) is 5.07. The number of nitrogens with one attached hydrogen (secondary N) is 1. The van der Waals surface area contributed by atoms with Crippen molar-refractivity contribution in [1.29, 1.82) is 0 Å². The summed E-state index contributed by atoms with van der Waals surface area (Å²) in [7, 11) is 0. The molecule has 2 fully saturated rings. The maximum atomic E-state index is 13.0. The SMILES string of the molecule is O=C(Nc1cc(-c2ccc(F)cc2)on1)C1C[C@H]2CC[C@@H](C1)C2=O. The topological polar surface area (TPSA) is 72.2 Å². The molecule has 2 aliphatic rings. The summed E-state index contributed by atoms with van der Waals surface area (Å²) in [5.41, 5.74) is 0.686. The summed E-state index contributed by atoms with van der Waals surface area (Å²) in [5.74, 6) is 0.641. The fourth-order valence-electron chi connectivity index (χ4n) is 3.80. The van der Waals surface area contributed by atoms with Gasteiger partial charge in [0.25, 0.3) is 0 Å². The number of aromatic nitrogens is 1. The number of benzene rings is 1. The Hall–Kier alpha value is -2.50. The van der Waals surface area contributed by atoms with Gasteiger partial charge >= 0.3 is 0 Å². The van der Waals surface area contributed by atoms with Crippen LogP contribution in [-0.4, -0.2) is 16.8 Å². The molecule has 124 valence electrons. The number of anilines is 1. The van der Waals surface area contributed by atoms with E-state index in [2.05, 4.69) is 10.5 Å².